The van der Waals surface area contributed by atoms with Crippen LogP contribution >= 0.6 is 12.2 Å². The summed E-state index contributed by atoms with van der Waals surface area (Å²) in [5.74, 6) is -0.395. The second-order valence-electron chi connectivity index (χ2n) is 4.72. The maximum atomic E-state index is 11.4. The molecule has 7 nitrogen and oxygen atoms in total. The molecule has 0 saturated carbocycles. The number of nitrogens with zero attached hydrogens (tertiary/aromatic N) is 3. The smallest absolute Gasteiger partial charge is 0.273 e. The van der Waals surface area contributed by atoms with Gasteiger partial charge < -0.3 is 16.8 Å². The molecule has 0 fully saturated rings. The molecule has 0 bridgehead atoms. The van der Waals surface area contributed by atoms with Crippen LogP contribution in [0.1, 0.15) is 27.2 Å². The number of thiocarbonyl (C=S) groups is 1. The van der Waals surface area contributed by atoms with Crippen molar-refractivity contribution in [1.82, 2.24) is 15.0 Å². The zero-order valence-electron chi connectivity index (χ0n) is 11.8. The molecule has 0 radical (unpaired) electrons. The van der Waals surface area contributed by atoms with Crippen LogP contribution in [0.4, 0.5) is 5.82 Å². The molecule has 8 heteroatoms. The molecule has 1 heterocycles. The highest BCUT2D eigenvalue weighted by atomic mass is 32.1. The third-order valence-corrected chi connectivity index (χ3v) is 3.22. The summed E-state index contributed by atoms with van der Waals surface area (Å²) in [5.41, 5.74) is 14.1. The predicted molar refractivity (Wildman–Crippen MR) is 84.0 cm³/mol. The molecule has 2 aromatic rings. The van der Waals surface area contributed by atoms with E-state index in [1.165, 1.54) is 15.8 Å². The fourth-order valence-corrected chi connectivity index (χ4v) is 2.00. The number of nitrogens with two attached hydrogens (primary N) is 2. The van der Waals surface area contributed by atoms with Crippen molar-refractivity contribution < 1.29 is 4.79 Å². The first-order chi connectivity index (χ1) is 9.88. The van der Waals surface area contributed by atoms with Gasteiger partial charge in [0.1, 0.15) is 0 Å². The fourth-order valence-electron chi connectivity index (χ4n) is 1.90. The molecule has 2 rings (SSSR count). The second-order valence-corrected chi connectivity index (χ2v) is 5.16. The van der Waals surface area contributed by atoms with Crippen LogP contribution in [-0.4, -0.2) is 26.0 Å². The van der Waals surface area contributed by atoms with Gasteiger partial charge >= 0.3 is 0 Å². The Balaban J connectivity index is 2.36. The van der Waals surface area contributed by atoms with Gasteiger partial charge in [-0.2, -0.15) is 0 Å². The Morgan fingerprint density at radius 1 is 1.33 bits per heavy atom. The van der Waals surface area contributed by atoms with E-state index in [9.17, 15) is 4.79 Å². The molecule has 1 aromatic carbocycles. The highest BCUT2D eigenvalue weighted by Gasteiger charge is 2.18. The summed E-state index contributed by atoms with van der Waals surface area (Å²) in [7, 11) is 0. The molecule has 0 aliphatic rings. The van der Waals surface area contributed by atoms with Gasteiger partial charge in [-0.05, 0) is 42.8 Å². The molecular weight excluding hydrogens is 288 g/mol. The van der Waals surface area contributed by atoms with E-state index in [2.05, 4.69) is 15.6 Å². The maximum absolute atomic E-state index is 11.4. The highest BCUT2D eigenvalue weighted by molar-refractivity contribution is 7.80. The first-order valence-electron chi connectivity index (χ1n) is 6.24. The van der Waals surface area contributed by atoms with Gasteiger partial charge in [-0.1, -0.05) is 23.4 Å². The summed E-state index contributed by atoms with van der Waals surface area (Å²) in [6.07, 6.45) is 0. The Hall–Kier alpha value is -2.48. The van der Waals surface area contributed by atoms with Crippen molar-refractivity contribution in [2.75, 3.05) is 5.32 Å². The Labute approximate surface area is 127 Å². The molecular formula is C13H16N6OS. The van der Waals surface area contributed by atoms with Crippen LogP contribution in [-0.2, 0) is 6.54 Å². The normalized spacial score (nSPS) is 10.4. The molecule has 21 heavy (non-hydrogen) atoms. The van der Waals surface area contributed by atoms with Crippen molar-refractivity contribution in [1.29, 1.82) is 0 Å². The average molecular weight is 304 g/mol. The van der Waals surface area contributed by atoms with Gasteiger partial charge in [0.25, 0.3) is 5.91 Å². The number of carbonyl (C=O) groups is 1. The van der Waals surface area contributed by atoms with E-state index in [-0.39, 0.29) is 10.8 Å². The van der Waals surface area contributed by atoms with Crippen molar-refractivity contribution in [2.24, 2.45) is 11.5 Å². The molecule has 0 aliphatic carbocycles. The largest absolute Gasteiger partial charge is 0.376 e. The molecule has 0 unspecified atom stereocenters. The summed E-state index contributed by atoms with van der Waals surface area (Å²) in [5, 5.41) is 10.4. The van der Waals surface area contributed by atoms with Gasteiger partial charge in [-0.25, -0.2) is 4.68 Å². The molecule has 0 spiro atoms. The number of hydrogen-bond donors (Lipinski definition) is 3. The Morgan fingerprint density at radius 2 is 2.05 bits per heavy atom. The van der Waals surface area contributed by atoms with E-state index in [0.717, 1.165) is 5.56 Å². The van der Waals surface area contributed by atoms with E-state index >= 15 is 0 Å². The van der Waals surface area contributed by atoms with Crippen molar-refractivity contribution in [3.63, 3.8) is 0 Å². The van der Waals surface area contributed by atoms with Crippen LogP contribution in [0, 0.1) is 13.8 Å². The van der Waals surface area contributed by atoms with Gasteiger partial charge in [0.05, 0.1) is 6.54 Å². The van der Waals surface area contributed by atoms with Crippen molar-refractivity contribution >= 4 is 29.1 Å². The van der Waals surface area contributed by atoms with E-state index < -0.39 is 5.91 Å². The lowest BCUT2D eigenvalue weighted by Gasteiger charge is -2.09. The number of carbonyl (C=O) groups excluding carboxylic acids is 1. The molecule has 0 saturated heterocycles. The summed E-state index contributed by atoms with van der Waals surface area (Å²) in [6, 6.07) is 6.06. The van der Waals surface area contributed by atoms with Crippen molar-refractivity contribution in [3.8, 4) is 0 Å². The molecule has 0 atom stereocenters. The Morgan fingerprint density at radius 3 is 2.62 bits per heavy atom. The molecule has 110 valence electrons. The summed E-state index contributed by atoms with van der Waals surface area (Å²) >= 11 is 4.80. The van der Waals surface area contributed by atoms with E-state index in [4.69, 9.17) is 23.7 Å². The van der Waals surface area contributed by atoms with Gasteiger partial charge in [0, 0.05) is 0 Å². The minimum Gasteiger partial charge on any atom is -0.376 e. The molecule has 5 N–H and O–H groups in total. The minimum atomic E-state index is -0.694. The van der Waals surface area contributed by atoms with Crippen LogP contribution in [0.15, 0.2) is 18.2 Å². The van der Waals surface area contributed by atoms with Gasteiger partial charge in [0.2, 0.25) is 0 Å². The van der Waals surface area contributed by atoms with Crippen LogP contribution < -0.4 is 16.8 Å². The number of nitrogens with one attached hydrogen (secondary N) is 1. The number of amides is 1. The Kier molecular flexibility index (Phi) is 4.18. The van der Waals surface area contributed by atoms with Gasteiger partial charge in [-0.15, -0.1) is 5.10 Å². The third-order valence-electron chi connectivity index (χ3n) is 3.11. The predicted octanol–water partition coefficient (Wildman–Crippen LogP) is 0.698. The molecule has 0 aliphatic heterocycles. The number of primary amides is 1. The first kappa shape index (κ1) is 14.9. The van der Waals surface area contributed by atoms with Crippen LogP contribution in [0.3, 0.4) is 0 Å². The highest BCUT2D eigenvalue weighted by Crippen LogP contribution is 2.16. The third kappa shape index (κ3) is 3.34. The standard InChI is InChI=1S/C13H16N6OS/c1-7-3-4-9(5-8(7)2)6-19-12(16-13(15)21)10(11(14)20)17-18-19/h3-5H,6H2,1-2H3,(H2,14,20)(H3,15,16,21). The lowest BCUT2D eigenvalue weighted by Crippen LogP contribution is -2.24. The number of aryl methyl sites for hydroxylation is 2. The summed E-state index contributed by atoms with van der Waals surface area (Å²) < 4.78 is 1.50. The number of rotatable bonds is 4. The topological polar surface area (TPSA) is 112 Å². The van der Waals surface area contributed by atoms with Crippen LogP contribution in [0.25, 0.3) is 0 Å². The maximum Gasteiger partial charge on any atom is 0.273 e. The zero-order chi connectivity index (χ0) is 15.6. The van der Waals surface area contributed by atoms with Crippen LogP contribution in [0.5, 0.6) is 0 Å². The van der Waals surface area contributed by atoms with Gasteiger partial charge in [0.15, 0.2) is 16.6 Å². The van der Waals surface area contributed by atoms with E-state index in [1.807, 2.05) is 32.0 Å². The van der Waals surface area contributed by atoms with Crippen LogP contribution in [0.2, 0.25) is 0 Å². The Bertz CT molecular complexity index is 709. The SMILES string of the molecule is Cc1ccc(Cn2nnc(C(N)=O)c2NC(N)=S)cc1C. The monoisotopic (exact) mass is 304 g/mol. The average Bonchev–Trinajstić information content (AvgIpc) is 2.76. The lowest BCUT2D eigenvalue weighted by molar-refractivity contribution is 0.0996. The second kappa shape index (κ2) is 5.88. The minimum absolute atomic E-state index is 0.00614. The fraction of sp³-hybridized carbons (Fsp3) is 0.231. The van der Waals surface area contributed by atoms with Crippen molar-refractivity contribution in [2.45, 2.75) is 20.4 Å². The summed E-state index contributed by atoms with van der Waals surface area (Å²) in [6.45, 7) is 4.50. The number of aromatic nitrogens is 3. The number of benzene rings is 1. The number of hydrogen-bond acceptors (Lipinski definition) is 4. The zero-order valence-corrected chi connectivity index (χ0v) is 12.6. The lowest BCUT2D eigenvalue weighted by atomic mass is 10.1. The first-order valence-corrected chi connectivity index (χ1v) is 6.65. The van der Waals surface area contributed by atoms with E-state index in [1.54, 1.807) is 0 Å². The summed E-state index contributed by atoms with van der Waals surface area (Å²) in [4.78, 5) is 11.4. The molecule has 1 amide bonds. The van der Waals surface area contributed by atoms with Crippen molar-refractivity contribution in [3.05, 3.63) is 40.6 Å². The van der Waals surface area contributed by atoms with Gasteiger partial charge in [-0.3, -0.25) is 4.79 Å². The number of anilines is 1. The quantitative estimate of drug-likeness (QED) is 0.717. The molecule has 1 aromatic heterocycles. The van der Waals surface area contributed by atoms with E-state index in [0.29, 0.717) is 12.4 Å².